The molecule has 214 valence electrons. The summed E-state index contributed by atoms with van der Waals surface area (Å²) >= 11 is 1.12. The highest BCUT2D eigenvalue weighted by atomic mass is 32.1. The number of rotatable bonds is 7. The molecule has 0 amide bonds. The molecule has 2 atom stereocenters. The van der Waals surface area contributed by atoms with Crippen molar-refractivity contribution in [3.63, 3.8) is 0 Å². The summed E-state index contributed by atoms with van der Waals surface area (Å²) in [5.41, 5.74) is 8.57. The van der Waals surface area contributed by atoms with Gasteiger partial charge in [0.25, 0.3) is 0 Å². The maximum atomic E-state index is 14.9. The average molecular weight is 583 g/mol. The van der Waals surface area contributed by atoms with Crippen molar-refractivity contribution in [1.82, 2.24) is 29.4 Å². The predicted molar refractivity (Wildman–Crippen MR) is 152 cm³/mol. The van der Waals surface area contributed by atoms with E-state index in [-0.39, 0.29) is 17.4 Å². The van der Waals surface area contributed by atoms with E-state index in [2.05, 4.69) is 20.3 Å². The molecule has 0 saturated carbocycles. The number of hydrogen-bond acceptors (Lipinski definition) is 10. The zero-order chi connectivity index (χ0) is 28.1. The summed E-state index contributed by atoms with van der Waals surface area (Å²) in [6, 6.07) is 10.2. The average Bonchev–Trinajstić information content (AvgIpc) is 3.76. The first-order valence-electron chi connectivity index (χ1n) is 13.5. The van der Waals surface area contributed by atoms with Crippen LogP contribution in [0.3, 0.4) is 0 Å². The molecule has 2 aliphatic heterocycles. The Morgan fingerprint density at radius 3 is 2.73 bits per heavy atom. The Morgan fingerprint density at radius 1 is 1.15 bits per heavy atom. The maximum Gasteiger partial charge on any atom is 0.309 e. The number of thiazole rings is 1. The zero-order valence-corrected chi connectivity index (χ0v) is 22.8. The van der Waals surface area contributed by atoms with Crippen molar-refractivity contribution >= 4 is 38.8 Å². The first kappa shape index (κ1) is 25.9. The molecular weight excluding hydrogens is 554 g/mol. The highest BCUT2D eigenvalue weighted by Gasteiger charge is 2.29. The number of piperazine rings is 1. The fourth-order valence-electron chi connectivity index (χ4n) is 5.47. The van der Waals surface area contributed by atoms with Crippen molar-refractivity contribution < 1.29 is 17.9 Å². The second kappa shape index (κ2) is 10.4. The Morgan fingerprint density at radius 2 is 2.00 bits per heavy atom. The van der Waals surface area contributed by atoms with Gasteiger partial charge < -0.3 is 25.1 Å². The van der Waals surface area contributed by atoms with Crippen LogP contribution < -0.4 is 25.6 Å². The number of alkyl halides is 1. The van der Waals surface area contributed by atoms with Gasteiger partial charge in [-0.15, -0.1) is 0 Å². The van der Waals surface area contributed by atoms with Gasteiger partial charge in [-0.3, -0.25) is 14.3 Å². The summed E-state index contributed by atoms with van der Waals surface area (Å²) in [6.07, 6.45) is -0.131. The summed E-state index contributed by atoms with van der Waals surface area (Å²) in [7, 11) is 0. The number of benzene rings is 1. The fraction of sp³-hybridized carbons (Fsp3) is 0.370. The minimum Gasteiger partial charge on any atom is -0.486 e. The number of ether oxygens (including phenoxy) is 1. The third kappa shape index (κ3) is 4.81. The number of halogens is 2. The van der Waals surface area contributed by atoms with Gasteiger partial charge in [-0.05, 0) is 30.3 Å². The number of nitrogen functional groups attached to an aromatic ring is 1. The molecule has 0 unspecified atom stereocenters. The molecule has 1 aromatic carbocycles. The molecule has 4 aromatic heterocycles. The molecule has 0 radical (unpaired) electrons. The molecular formula is C27H28F2N8O3S. The third-order valence-corrected chi connectivity index (χ3v) is 8.66. The summed E-state index contributed by atoms with van der Waals surface area (Å²) in [4.78, 5) is 21.6. The van der Waals surface area contributed by atoms with Gasteiger partial charge in [0.1, 0.15) is 28.1 Å². The molecule has 7 rings (SSSR count). The van der Waals surface area contributed by atoms with Gasteiger partial charge >= 0.3 is 4.87 Å². The van der Waals surface area contributed by atoms with E-state index in [9.17, 15) is 13.6 Å². The van der Waals surface area contributed by atoms with Crippen molar-refractivity contribution in [2.45, 2.75) is 18.8 Å². The standard InChI is InChI=1S/C27H28F2N8O3S/c28-17-12-16(40-23-15-31-14-18(23)29)3-4-20(17)35-8-5-34(6-9-35)7-10-36-25-24(41-27(36)38)21-13-19(22-2-1-11-39-22)33-37(21)26(30)32-25/h1-4,11-13,18,23,31H,5-10,14-15H2,(H2,30,32)/t18-,23+/m0/s1. The Balaban J connectivity index is 1.01. The van der Waals surface area contributed by atoms with Gasteiger partial charge in [0.2, 0.25) is 5.95 Å². The monoisotopic (exact) mass is 582 g/mol. The van der Waals surface area contributed by atoms with Gasteiger partial charge in [-0.2, -0.15) is 14.6 Å². The predicted octanol–water partition coefficient (Wildman–Crippen LogP) is 2.60. The molecule has 14 heteroatoms. The smallest absolute Gasteiger partial charge is 0.309 e. The summed E-state index contributed by atoms with van der Waals surface area (Å²) < 4.78 is 43.8. The van der Waals surface area contributed by atoms with Crippen LogP contribution in [0.25, 0.3) is 27.3 Å². The Hall–Kier alpha value is -4.01. The first-order valence-corrected chi connectivity index (χ1v) is 14.3. The Labute approximate surface area is 236 Å². The summed E-state index contributed by atoms with van der Waals surface area (Å²) in [6.45, 7) is 4.43. The largest absolute Gasteiger partial charge is 0.486 e. The van der Waals surface area contributed by atoms with E-state index in [1.54, 1.807) is 29.0 Å². The van der Waals surface area contributed by atoms with E-state index in [0.717, 1.165) is 11.3 Å². The van der Waals surface area contributed by atoms with Crippen molar-refractivity contribution in [1.29, 1.82) is 0 Å². The number of hydrogen-bond donors (Lipinski definition) is 2. The van der Waals surface area contributed by atoms with Gasteiger partial charge in [0.05, 0.1) is 17.5 Å². The van der Waals surface area contributed by atoms with E-state index in [1.165, 1.54) is 10.6 Å². The highest BCUT2D eigenvalue weighted by Crippen LogP contribution is 2.29. The van der Waals surface area contributed by atoms with E-state index >= 15 is 0 Å². The van der Waals surface area contributed by atoms with E-state index in [4.69, 9.17) is 14.9 Å². The number of aromatic nitrogens is 4. The van der Waals surface area contributed by atoms with E-state index in [0.29, 0.717) is 84.6 Å². The lowest BCUT2D eigenvalue weighted by molar-refractivity contribution is 0.139. The summed E-state index contributed by atoms with van der Waals surface area (Å²) in [5, 5.41) is 7.43. The minimum absolute atomic E-state index is 0.115. The normalized spacial score (nSPS) is 20.0. The topological polar surface area (TPSA) is 119 Å². The van der Waals surface area contributed by atoms with Crippen LogP contribution in [0.15, 0.2) is 51.9 Å². The van der Waals surface area contributed by atoms with Crippen LogP contribution in [-0.2, 0) is 6.54 Å². The molecule has 0 spiro atoms. The lowest BCUT2D eigenvalue weighted by Gasteiger charge is -2.36. The Kier molecular flexibility index (Phi) is 6.60. The molecule has 11 nitrogen and oxygen atoms in total. The zero-order valence-electron chi connectivity index (χ0n) is 22.0. The van der Waals surface area contributed by atoms with Crippen molar-refractivity contribution in [3.05, 3.63) is 58.1 Å². The van der Waals surface area contributed by atoms with Crippen LogP contribution in [0.5, 0.6) is 5.75 Å². The molecule has 2 fully saturated rings. The quantitative estimate of drug-likeness (QED) is 0.299. The van der Waals surface area contributed by atoms with Crippen molar-refractivity contribution in [2.75, 3.05) is 56.4 Å². The van der Waals surface area contributed by atoms with Crippen LogP contribution in [0.2, 0.25) is 0 Å². The number of fused-ring (bicyclic) bond motifs is 3. The highest BCUT2D eigenvalue weighted by molar-refractivity contribution is 7.17. The van der Waals surface area contributed by atoms with Crippen LogP contribution in [0.1, 0.15) is 0 Å². The molecule has 41 heavy (non-hydrogen) atoms. The minimum atomic E-state index is -1.10. The molecule has 5 aromatic rings. The SMILES string of the molecule is Nc1nc2c(sc(=O)n2CCN2CCN(c3ccc(O[C@@H]4CNC[C@@H]4F)cc3F)CC2)c2cc(-c3ccco3)nn12. The Bertz CT molecular complexity index is 1760. The molecule has 2 aliphatic rings. The first-order chi connectivity index (χ1) is 19.9. The second-order valence-corrected chi connectivity index (χ2v) is 11.2. The summed E-state index contributed by atoms with van der Waals surface area (Å²) in [5.74, 6) is 0.731. The number of anilines is 2. The van der Waals surface area contributed by atoms with Crippen molar-refractivity contribution in [2.24, 2.45) is 0 Å². The van der Waals surface area contributed by atoms with E-state index < -0.39 is 18.1 Å². The number of furan rings is 1. The number of nitrogens with two attached hydrogens (primary N) is 1. The van der Waals surface area contributed by atoms with E-state index in [1.807, 2.05) is 17.0 Å². The van der Waals surface area contributed by atoms with Gasteiger partial charge in [-0.25, -0.2) is 8.78 Å². The van der Waals surface area contributed by atoms with Crippen molar-refractivity contribution in [3.8, 4) is 17.2 Å². The molecule has 3 N–H and O–H groups in total. The molecule has 6 heterocycles. The number of nitrogens with zero attached hydrogens (tertiary/aromatic N) is 6. The number of nitrogens with one attached hydrogen (secondary N) is 1. The second-order valence-electron chi connectivity index (χ2n) is 10.2. The van der Waals surface area contributed by atoms with Gasteiger partial charge in [0.15, 0.2) is 17.6 Å². The lowest BCUT2D eigenvalue weighted by Crippen LogP contribution is -2.47. The van der Waals surface area contributed by atoms with Gasteiger partial charge in [-0.1, -0.05) is 11.3 Å². The van der Waals surface area contributed by atoms with Crippen LogP contribution in [0, 0.1) is 5.82 Å². The maximum absolute atomic E-state index is 14.9. The van der Waals surface area contributed by atoms with Crippen LogP contribution >= 0.6 is 11.3 Å². The van der Waals surface area contributed by atoms with Crippen LogP contribution in [-0.4, -0.2) is 82.2 Å². The van der Waals surface area contributed by atoms with Crippen LogP contribution in [0.4, 0.5) is 20.4 Å². The molecule has 0 bridgehead atoms. The lowest BCUT2D eigenvalue weighted by atomic mass is 10.2. The van der Waals surface area contributed by atoms with Gasteiger partial charge in [0, 0.05) is 58.4 Å². The third-order valence-electron chi connectivity index (χ3n) is 7.67. The fourth-order valence-corrected chi connectivity index (χ4v) is 6.43. The molecule has 2 saturated heterocycles. The molecule has 0 aliphatic carbocycles.